The maximum Gasteiger partial charge on any atom is 0.249 e. The van der Waals surface area contributed by atoms with Crippen LogP contribution in [0.25, 0.3) is 12.2 Å². The van der Waals surface area contributed by atoms with Crippen LogP contribution in [0.15, 0.2) is 78.9 Å². The van der Waals surface area contributed by atoms with Gasteiger partial charge >= 0.3 is 0 Å². The van der Waals surface area contributed by atoms with Crippen molar-refractivity contribution in [3.8, 4) is 34.5 Å². The van der Waals surface area contributed by atoms with Gasteiger partial charge in [-0.1, -0.05) is 42.5 Å². The normalized spacial score (nSPS) is 11.2. The number of pyridine rings is 1. The molecule has 0 fully saturated rings. The fourth-order valence-corrected chi connectivity index (χ4v) is 3.92. The number of anilines is 2. The van der Waals surface area contributed by atoms with Crippen molar-refractivity contribution >= 4 is 35.6 Å². The molecule has 0 unspecified atom stereocenters. The molecule has 0 saturated heterocycles. The monoisotopic (exact) mass is 601 g/mol. The summed E-state index contributed by atoms with van der Waals surface area (Å²) < 4.78 is 32.1. The topological polar surface area (TPSA) is 126 Å². The number of carbonyl (C=O) groups excluding carboxylic acids is 2. The average molecular weight is 602 g/mol. The van der Waals surface area contributed by atoms with Crippen LogP contribution in [0, 0.1) is 0 Å². The Labute approximate surface area is 256 Å². The largest absolute Gasteiger partial charge is 0.493 e. The molecule has 1 heterocycles. The van der Waals surface area contributed by atoms with E-state index in [1.54, 1.807) is 107 Å². The van der Waals surface area contributed by atoms with Crippen molar-refractivity contribution in [1.82, 2.24) is 4.98 Å². The highest BCUT2D eigenvalue weighted by Gasteiger charge is 2.13. The van der Waals surface area contributed by atoms with Crippen molar-refractivity contribution in [2.45, 2.75) is 0 Å². The van der Waals surface area contributed by atoms with Crippen LogP contribution in [-0.4, -0.2) is 59.5 Å². The summed E-state index contributed by atoms with van der Waals surface area (Å²) in [5.74, 6) is 2.83. The van der Waals surface area contributed by atoms with Crippen molar-refractivity contribution in [1.29, 1.82) is 0 Å². The van der Waals surface area contributed by atoms with Crippen molar-refractivity contribution in [3.63, 3.8) is 0 Å². The Kier molecular flexibility index (Phi) is 12.4. The van der Waals surface area contributed by atoms with E-state index >= 15 is 0 Å². The second kappa shape index (κ2) is 16.7. The van der Waals surface area contributed by atoms with Crippen LogP contribution in [0.1, 0.15) is 11.1 Å². The number of methoxy groups -OCH3 is 6. The number of rotatable bonds is 14. The van der Waals surface area contributed by atoms with Crippen molar-refractivity contribution in [2.24, 2.45) is 0 Å². The second-order valence-corrected chi connectivity index (χ2v) is 8.74. The van der Waals surface area contributed by atoms with E-state index in [1.807, 2.05) is 0 Å². The van der Waals surface area contributed by atoms with Gasteiger partial charge in [-0.25, -0.2) is 4.98 Å². The molecule has 0 spiro atoms. The zero-order valence-corrected chi connectivity index (χ0v) is 25.4. The summed E-state index contributed by atoms with van der Waals surface area (Å²) in [6.45, 7) is 0. The lowest BCUT2D eigenvalue weighted by Gasteiger charge is -2.12. The molecule has 11 heteroatoms. The molecule has 0 atom stereocenters. The van der Waals surface area contributed by atoms with E-state index < -0.39 is 11.8 Å². The van der Waals surface area contributed by atoms with Crippen LogP contribution in [-0.2, 0) is 9.59 Å². The van der Waals surface area contributed by atoms with E-state index in [4.69, 9.17) is 28.4 Å². The molecular formula is C33H35N3O8. The number of amides is 2. The van der Waals surface area contributed by atoms with E-state index in [1.165, 1.54) is 26.4 Å². The number of aromatic nitrogens is 1. The minimum absolute atomic E-state index is 0.275. The maximum atomic E-state index is 12.4. The van der Waals surface area contributed by atoms with E-state index in [2.05, 4.69) is 15.6 Å². The lowest BCUT2D eigenvalue weighted by Crippen LogP contribution is -2.12. The third-order valence-electron chi connectivity index (χ3n) is 5.92. The molecule has 3 aromatic rings. The fourth-order valence-electron chi connectivity index (χ4n) is 3.92. The number of allylic oxidation sites excluding steroid dienone is 4. The van der Waals surface area contributed by atoms with Crippen molar-refractivity contribution < 1.29 is 38.0 Å². The van der Waals surface area contributed by atoms with Gasteiger partial charge in [-0.05, 0) is 47.5 Å². The average Bonchev–Trinajstić information content (AvgIpc) is 3.04. The molecule has 0 saturated carbocycles. The minimum Gasteiger partial charge on any atom is -0.493 e. The van der Waals surface area contributed by atoms with Gasteiger partial charge in [0.05, 0.1) is 42.7 Å². The van der Waals surface area contributed by atoms with E-state index in [0.717, 1.165) is 11.1 Å². The number of hydrogen-bond acceptors (Lipinski definition) is 9. The van der Waals surface area contributed by atoms with E-state index in [0.29, 0.717) is 34.5 Å². The predicted molar refractivity (Wildman–Crippen MR) is 170 cm³/mol. The molecule has 0 radical (unpaired) electrons. The Bertz CT molecular complexity index is 1410. The molecule has 230 valence electrons. The van der Waals surface area contributed by atoms with Gasteiger partial charge in [0, 0.05) is 12.2 Å². The molecule has 0 aliphatic carbocycles. The van der Waals surface area contributed by atoms with Gasteiger partial charge in [-0.3, -0.25) is 9.59 Å². The predicted octanol–water partition coefficient (Wildman–Crippen LogP) is 5.55. The Morgan fingerprint density at radius 3 is 1.25 bits per heavy atom. The van der Waals surface area contributed by atoms with E-state index in [9.17, 15) is 9.59 Å². The van der Waals surface area contributed by atoms with Crippen LogP contribution in [0.3, 0.4) is 0 Å². The standard InChI is InChI=1S/C33H35N3O8/c1-39-24-18-22(19-25(40-2)32(24)43-5)12-7-9-16-30(37)35-28-14-11-15-29(34-28)36-31(38)17-10-8-13-23-20-26(41-3)33(44-6)27(21-23)42-4/h7-21H,1-6H3,(H2,34,35,36,37,38)/b12-7+,13-8+,16-9+,17-10+. The van der Waals surface area contributed by atoms with Gasteiger partial charge in [0.25, 0.3) is 0 Å². The number of hydrogen-bond donors (Lipinski definition) is 2. The Balaban J connectivity index is 1.56. The minimum atomic E-state index is -0.396. The molecule has 2 N–H and O–H groups in total. The molecule has 3 rings (SSSR count). The first-order valence-corrected chi connectivity index (χ1v) is 13.2. The highest BCUT2D eigenvalue weighted by Crippen LogP contribution is 2.39. The van der Waals surface area contributed by atoms with Crippen LogP contribution in [0.2, 0.25) is 0 Å². The molecule has 1 aromatic heterocycles. The van der Waals surface area contributed by atoms with Crippen LogP contribution >= 0.6 is 0 Å². The summed E-state index contributed by atoms with van der Waals surface area (Å²) >= 11 is 0. The van der Waals surface area contributed by atoms with Crippen molar-refractivity contribution in [3.05, 3.63) is 90.0 Å². The first kappa shape index (κ1) is 32.8. The third kappa shape index (κ3) is 9.15. The smallest absolute Gasteiger partial charge is 0.249 e. The SMILES string of the molecule is COc1cc(/C=C/C=C/C(=O)Nc2cccc(NC(=O)/C=C/C=C/c3cc(OC)c(OC)c(OC)c3)n2)cc(OC)c1OC. The number of ether oxygens (including phenoxy) is 6. The van der Waals surface area contributed by atoms with Gasteiger partial charge in [-0.15, -0.1) is 0 Å². The molecule has 0 aliphatic heterocycles. The third-order valence-corrected chi connectivity index (χ3v) is 5.92. The lowest BCUT2D eigenvalue weighted by molar-refractivity contribution is -0.112. The molecule has 0 aliphatic rings. The fraction of sp³-hybridized carbons (Fsp3) is 0.182. The lowest BCUT2D eigenvalue weighted by atomic mass is 10.1. The number of carbonyl (C=O) groups is 2. The summed E-state index contributed by atoms with van der Waals surface area (Å²) in [6.07, 6.45) is 12.8. The van der Waals surface area contributed by atoms with Gasteiger partial charge in [0.2, 0.25) is 23.3 Å². The summed E-state index contributed by atoms with van der Waals surface area (Å²) in [6, 6.07) is 12.0. The molecule has 0 bridgehead atoms. The zero-order chi connectivity index (χ0) is 31.9. The van der Waals surface area contributed by atoms with Gasteiger partial charge in [0.15, 0.2) is 23.0 Å². The Morgan fingerprint density at radius 1 is 0.568 bits per heavy atom. The Morgan fingerprint density at radius 2 is 0.932 bits per heavy atom. The number of nitrogens with zero attached hydrogens (tertiary/aromatic N) is 1. The van der Waals surface area contributed by atoms with E-state index in [-0.39, 0.29) is 11.6 Å². The van der Waals surface area contributed by atoms with Crippen molar-refractivity contribution in [2.75, 3.05) is 53.3 Å². The molecule has 2 aromatic carbocycles. The van der Waals surface area contributed by atoms with Crippen LogP contribution < -0.4 is 39.1 Å². The number of benzene rings is 2. The van der Waals surface area contributed by atoms with Crippen LogP contribution in [0.5, 0.6) is 34.5 Å². The molecule has 11 nitrogen and oxygen atoms in total. The first-order valence-electron chi connectivity index (χ1n) is 13.2. The van der Waals surface area contributed by atoms with Crippen LogP contribution in [0.4, 0.5) is 11.6 Å². The second-order valence-electron chi connectivity index (χ2n) is 8.74. The molecular weight excluding hydrogens is 566 g/mol. The highest BCUT2D eigenvalue weighted by atomic mass is 16.5. The summed E-state index contributed by atoms with van der Waals surface area (Å²) in [7, 11) is 9.23. The molecule has 2 amide bonds. The van der Waals surface area contributed by atoms with Gasteiger partial charge < -0.3 is 39.1 Å². The summed E-state index contributed by atoms with van der Waals surface area (Å²) in [5.41, 5.74) is 1.58. The quantitative estimate of drug-likeness (QED) is 0.181. The highest BCUT2D eigenvalue weighted by molar-refractivity contribution is 6.00. The Hall–Kier alpha value is -5.71. The zero-order valence-electron chi connectivity index (χ0n) is 25.4. The van der Waals surface area contributed by atoms with Gasteiger partial charge in [-0.2, -0.15) is 0 Å². The first-order chi connectivity index (χ1) is 21.3. The van der Waals surface area contributed by atoms with Gasteiger partial charge in [0.1, 0.15) is 11.6 Å². The summed E-state index contributed by atoms with van der Waals surface area (Å²) in [4.78, 5) is 29.1. The molecule has 44 heavy (non-hydrogen) atoms. The maximum absolute atomic E-state index is 12.4. The number of nitrogens with one attached hydrogen (secondary N) is 2. The summed E-state index contributed by atoms with van der Waals surface area (Å²) in [5, 5.41) is 5.33.